The van der Waals surface area contributed by atoms with Gasteiger partial charge in [-0.1, -0.05) is 6.07 Å². The first-order valence-corrected chi connectivity index (χ1v) is 8.09. The van der Waals surface area contributed by atoms with Gasteiger partial charge in [0, 0.05) is 17.4 Å². The van der Waals surface area contributed by atoms with Gasteiger partial charge in [0.1, 0.15) is 0 Å². The first-order valence-electron chi connectivity index (χ1n) is 8.09. The van der Waals surface area contributed by atoms with E-state index in [1.165, 1.54) is 0 Å². The van der Waals surface area contributed by atoms with Crippen molar-refractivity contribution in [2.24, 2.45) is 0 Å². The molecule has 1 N–H and O–H groups in total. The van der Waals surface area contributed by atoms with Crippen LogP contribution >= 0.6 is 0 Å². The smallest absolute Gasteiger partial charge is 0.256 e. The Balaban J connectivity index is 2.03. The lowest BCUT2D eigenvalue weighted by atomic mass is 10.1. The summed E-state index contributed by atoms with van der Waals surface area (Å²) >= 11 is 0. The van der Waals surface area contributed by atoms with Crippen molar-refractivity contribution in [2.75, 3.05) is 5.32 Å². The minimum Gasteiger partial charge on any atom is -0.322 e. The van der Waals surface area contributed by atoms with Crippen LogP contribution in [-0.4, -0.2) is 20.7 Å². The summed E-state index contributed by atoms with van der Waals surface area (Å²) in [5.41, 5.74) is 5.19. The van der Waals surface area contributed by atoms with Crippen molar-refractivity contribution in [1.29, 1.82) is 0 Å². The van der Waals surface area contributed by atoms with Gasteiger partial charge in [-0.15, -0.1) is 0 Å². The number of rotatable bonds is 3. The number of amides is 1. The first kappa shape index (κ1) is 16.2. The second kappa shape index (κ2) is 6.07. The maximum absolute atomic E-state index is 12.8. The Hall–Kier alpha value is -2.69. The number of carbonyl (C=O) groups excluding carboxylic acids is 1. The normalized spacial score (nSPS) is 11.2. The molecule has 0 radical (unpaired) electrons. The molecule has 5 heteroatoms. The molecule has 0 unspecified atom stereocenters. The van der Waals surface area contributed by atoms with Gasteiger partial charge in [0.15, 0.2) is 5.65 Å². The van der Waals surface area contributed by atoms with Crippen molar-refractivity contribution in [3.05, 3.63) is 52.8 Å². The van der Waals surface area contributed by atoms with Crippen LogP contribution in [-0.2, 0) is 0 Å². The topological polar surface area (TPSA) is 59.8 Å². The number of hydrogen-bond acceptors (Lipinski definition) is 3. The summed E-state index contributed by atoms with van der Waals surface area (Å²) in [7, 11) is 0. The van der Waals surface area contributed by atoms with Crippen LogP contribution in [0.3, 0.4) is 0 Å². The first-order chi connectivity index (χ1) is 11.3. The van der Waals surface area contributed by atoms with Crippen LogP contribution in [0.25, 0.3) is 11.0 Å². The molecule has 0 atom stereocenters. The van der Waals surface area contributed by atoms with Crippen molar-refractivity contribution in [3.8, 4) is 0 Å². The van der Waals surface area contributed by atoms with Gasteiger partial charge < -0.3 is 5.32 Å². The third kappa shape index (κ3) is 3.02. The van der Waals surface area contributed by atoms with E-state index in [0.29, 0.717) is 5.56 Å². The molecule has 0 fully saturated rings. The SMILES string of the molecule is Cc1cc(C)cc(NC(=O)c2cc(C)nc3c2cnn3C(C)C)c1. The molecule has 0 aliphatic rings. The van der Waals surface area contributed by atoms with Crippen LogP contribution in [0.4, 0.5) is 5.69 Å². The zero-order chi connectivity index (χ0) is 17.4. The highest BCUT2D eigenvalue weighted by Gasteiger charge is 2.17. The number of aromatic nitrogens is 3. The average molecular weight is 322 g/mol. The van der Waals surface area contributed by atoms with E-state index >= 15 is 0 Å². The summed E-state index contributed by atoms with van der Waals surface area (Å²) in [5, 5.41) is 8.16. The summed E-state index contributed by atoms with van der Waals surface area (Å²) in [5.74, 6) is -0.140. The molecule has 1 aromatic carbocycles. The highest BCUT2D eigenvalue weighted by molar-refractivity contribution is 6.12. The lowest BCUT2D eigenvalue weighted by molar-refractivity contribution is 0.102. The molecule has 0 saturated carbocycles. The minimum atomic E-state index is -0.140. The van der Waals surface area contributed by atoms with Gasteiger partial charge in [-0.2, -0.15) is 5.10 Å². The van der Waals surface area contributed by atoms with Gasteiger partial charge in [-0.25, -0.2) is 9.67 Å². The summed E-state index contributed by atoms with van der Waals surface area (Å²) in [6.45, 7) is 10.0. The number of carbonyl (C=O) groups is 1. The molecule has 0 spiro atoms. The van der Waals surface area contributed by atoms with Crippen molar-refractivity contribution >= 4 is 22.6 Å². The molecule has 0 aliphatic carbocycles. The molecule has 0 aliphatic heterocycles. The number of nitrogens with one attached hydrogen (secondary N) is 1. The number of hydrogen-bond donors (Lipinski definition) is 1. The highest BCUT2D eigenvalue weighted by Crippen LogP contribution is 2.22. The van der Waals surface area contributed by atoms with Gasteiger partial charge in [0.2, 0.25) is 0 Å². The second-order valence-electron chi connectivity index (χ2n) is 6.56. The fraction of sp³-hybridized carbons (Fsp3) is 0.316. The predicted molar refractivity (Wildman–Crippen MR) is 96.5 cm³/mol. The van der Waals surface area contributed by atoms with E-state index in [1.54, 1.807) is 6.20 Å². The molecular weight excluding hydrogens is 300 g/mol. The predicted octanol–water partition coefficient (Wildman–Crippen LogP) is 4.19. The number of anilines is 1. The summed E-state index contributed by atoms with van der Waals surface area (Å²) in [6.07, 6.45) is 1.72. The van der Waals surface area contributed by atoms with Gasteiger partial charge >= 0.3 is 0 Å². The molecule has 1 amide bonds. The Morgan fingerprint density at radius 2 is 1.75 bits per heavy atom. The molecule has 2 aromatic heterocycles. The van der Waals surface area contributed by atoms with E-state index in [0.717, 1.165) is 33.5 Å². The van der Waals surface area contributed by atoms with E-state index in [-0.39, 0.29) is 11.9 Å². The Labute approximate surface area is 141 Å². The fourth-order valence-corrected chi connectivity index (χ4v) is 2.95. The number of benzene rings is 1. The van der Waals surface area contributed by atoms with Crippen LogP contribution in [0.1, 0.15) is 47.1 Å². The van der Waals surface area contributed by atoms with Crippen LogP contribution in [0.15, 0.2) is 30.5 Å². The van der Waals surface area contributed by atoms with Gasteiger partial charge in [0.05, 0.1) is 17.1 Å². The van der Waals surface area contributed by atoms with E-state index in [2.05, 4.69) is 21.5 Å². The Morgan fingerprint density at radius 3 is 2.38 bits per heavy atom. The third-order valence-corrected chi connectivity index (χ3v) is 3.91. The molecule has 2 heterocycles. The third-order valence-electron chi connectivity index (χ3n) is 3.91. The Kier molecular flexibility index (Phi) is 4.09. The summed E-state index contributed by atoms with van der Waals surface area (Å²) < 4.78 is 1.84. The van der Waals surface area contributed by atoms with Crippen LogP contribution in [0, 0.1) is 20.8 Å². The van der Waals surface area contributed by atoms with Gasteiger partial charge in [-0.05, 0) is 63.9 Å². The van der Waals surface area contributed by atoms with E-state index < -0.39 is 0 Å². The lowest BCUT2D eigenvalue weighted by Crippen LogP contribution is -2.13. The monoisotopic (exact) mass is 322 g/mol. The maximum atomic E-state index is 12.8. The van der Waals surface area contributed by atoms with E-state index in [4.69, 9.17) is 0 Å². The minimum absolute atomic E-state index is 0.140. The quantitative estimate of drug-likeness (QED) is 0.786. The van der Waals surface area contributed by atoms with Crippen molar-refractivity contribution < 1.29 is 4.79 Å². The Bertz CT molecular complexity index is 904. The van der Waals surface area contributed by atoms with Gasteiger partial charge in [-0.3, -0.25) is 4.79 Å². The van der Waals surface area contributed by atoms with Crippen molar-refractivity contribution in [3.63, 3.8) is 0 Å². The zero-order valence-corrected chi connectivity index (χ0v) is 14.7. The molecular formula is C19H22N4O. The number of aryl methyl sites for hydroxylation is 3. The molecule has 0 bridgehead atoms. The molecule has 3 aromatic rings. The van der Waals surface area contributed by atoms with Crippen molar-refractivity contribution in [1.82, 2.24) is 14.8 Å². The summed E-state index contributed by atoms with van der Waals surface area (Å²) in [6, 6.07) is 8.01. The van der Waals surface area contributed by atoms with E-state index in [1.807, 2.05) is 57.5 Å². The van der Waals surface area contributed by atoms with Gasteiger partial charge in [0.25, 0.3) is 5.91 Å². The second-order valence-corrected chi connectivity index (χ2v) is 6.56. The van der Waals surface area contributed by atoms with Crippen LogP contribution in [0.5, 0.6) is 0 Å². The number of fused-ring (bicyclic) bond motifs is 1. The number of nitrogens with zero attached hydrogens (tertiary/aromatic N) is 3. The number of pyridine rings is 1. The molecule has 5 nitrogen and oxygen atoms in total. The zero-order valence-electron chi connectivity index (χ0n) is 14.7. The molecule has 124 valence electrons. The van der Waals surface area contributed by atoms with Crippen LogP contribution in [0.2, 0.25) is 0 Å². The van der Waals surface area contributed by atoms with Crippen LogP contribution < -0.4 is 5.32 Å². The summed E-state index contributed by atoms with van der Waals surface area (Å²) in [4.78, 5) is 17.4. The fourth-order valence-electron chi connectivity index (χ4n) is 2.95. The van der Waals surface area contributed by atoms with E-state index in [9.17, 15) is 4.79 Å². The molecule has 24 heavy (non-hydrogen) atoms. The largest absolute Gasteiger partial charge is 0.322 e. The highest BCUT2D eigenvalue weighted by atomic mass is 16.1. The lowest BCUT2D eigenvalue weighted by Gasteiger charge is -2.10. The average Bonchev–Trinajstić information content (AvgIpc) is 2.88. The molecule has 3 rings (SSSR count). The maximum Gasteiger partial charge on any atom is 0.256 e. The standard InChI is InChI=1S/C19H22N4O/c1-11(2)23-18-17(10-20-23)16(9-14(5)21-18)19(24)22-15-7-12(3)6-13(4)8-15/h6-11H,1-5H3,(H,22,24). The molecule has 0 saturated heterocycles. The van der Waals surface area contributed by atoms with Crippen molar-refractivity contribution in [2.45, 2.75) is 40.7 Å². The Morgan fingerprint density at radius 1 is 1.08 bits per heavy atom.